The highest BCUT2D eigenvalue weighted by Crippen LogP contribution is 2.38. The molecule has 8 nitrogen and oxygen atoms in total. The first-order chi connectivity index (χ1) is 15.1. The van der Waals surface area contributed by atoms with Crippen molar-refractivity contribution in [3.05, 3.63) is 18.2 Å². The van der Waals surface area contributed by atoms with Gasteiger partial charge in [0, 0.05) is 30.7 Å². The molecule has 32 heavy (non-hydrogen) atoms. The highest BCUT2D eigenvalue weighted by atomic mass is 16.6. The quantitative estimate of drug-likeness (QED) is 0.732. The van der Waals surface area contributed by atoms with Crippen LogP contribution in [0.4, 0.5) is 16.4 Å². The van der Waals surface area contributed by atoms with Crippen molar-refractivity contribution in [3.63, 3.8) is 0 Å². The minimum absolute atomic E-state index is 0.0604. The van der Waals surface area contributed by atoms with Gasteiger partial charge in [-0.2, -0.15) is 0 Å². The van der Waals surface area contributed by atoms with Gasteiger partial charge in [0.25, 0.3) is 0 Å². The van der Waals surface area contributed by atoms with E-state index in [4.69, 9.17) is 10.5 Å². The molecule has 0 atom stereocenters. The Morgan fingerprint density at radius 1 is 1.19 bits per heavy atom. The molecular weight excluding hydrogens is 406 g/mol. The molecule has 0 unspecified atom stereocenters. The van der Waals surface area contributed by atoms with E-state index in [1.807, 2.05) is 50.6 Å². The fraction of sp³-hybridized carbons (Fsp3) is 0.625. The fourth-order valence-corrected chi connectivity index (χ4v) is 4.84. The Kier molecular flexibility index (Phi) is 6.05. The lowest BCUT2D eigenvalue weighted by Gasteiger charge is -2.37. The number of fused-ring (bicyclic) bond motifs is 1. The van der Waals surface area contributed by atoms with Gasteiger partial charge in [-0.3, -0.25) is 4.79 Å². The van der Waals surface area contributed by atoms with Gasteiger partial charge in [-0.15, -0.1) is 0 Å². The maximum atomic E-state index is 12.9. The van der Waals surface area contributed by atoms with Crippen molar-refractivity contribution in [3.8, 4) is 0 Å². The van der Waals surface area contributed by atoms with Gasteiger partial charge in [0.1, 0.15) is 5.60 Å². The second-order valence-electron chi connectivity index (χ2n) is 10.2. The number of imidazole rings is 1. The highest BCUT2D eigenvalue weighted by molar-refractivity contribution is 5.96. The van der Waals surface area contributed by atoms with Crippen LogP contribution in [-0.4, -0.2) is 40.2 Å². The van der Waals surface area contributed by atoms with Crippen molar-refractivity contribution in [2.45, 2.75) is 83.4 Å². The zero-order valence-electron chi connectivity index (χ0n) is 19.6. The predicted molar refractivity (Wildman–Crippen MR) is 126 cm³/mol. The zero-order chi connectivity index (χ0) is 23.0. The first-order valence-electron chi connectivity index (χ1n) is 11.7. The number of carbonyl (C=O) groups excluding carboxylic acids is 2. The molecule has 0 bridgehead atoms. The van der Waals surface area contributed by atoms with Gasteiger partial charge in [-0.25, -0.2) is 9.78 Å². The standard InChI is InChI=1S/C24H35N5O3/c1-24(2,3)32-23(31)26-16-12-18(13-16)29-20-11-10-17(14-19(20)27-22(29)25)28(4)21(30)15-8-6-5-7-9-15/h10-11,14-16,18H,5-9,12-13H2,1-4H3,(H2,25,27)(H,26,31)/t16-,18+. The number of alkyl carbamates (subject to hydrolysis) is 1. The van der Waals surface area contributed by atoms with E-state index in [-0.39, 0.29) is 30.0 Å². The van der Waals surface area contributed by atoms with Crippen molar-refractivity contribution in [2.75, 3.05) is 17.7 Å². The molecule has 174 valence electrons. The van der Waals surface area contributed by atoms with Crippen molar-refractivity contribution >= 4 is 34.7 Å². The highest BCUT2D eigenvalue weighted by Gasteiger charge is 2.35. The molecule has 0 saturated heterocycles. The Morgan fingerprint density at radius 2 is 1.88 bits per heavy atom. The lowest BCUT2D eigenvalue weighted by atomic mass is 9.86. The smallest absolute Gasteiger partial charge is 0.407 e. The van der Waals surface area contributed by atoms with Crippen molar-refractivity contribution in [1.82, 2.24) is 14.9 Å². The SMILES string of the molecule is CN(C(=O)C1CCCCC1)c1ccc2c(c1)nc(N)n2[C@H]1C[C@@H](NC(=O)OC(C)(C)C)C1. The Labute approximate surface area is 189 Å². The van der Waals surface area contributed by atoms with Crippen LogP contribution in [-0.2, 0) is 9.53 Å². The number of carbonyl (C=O) groups is 2. The summed E-state index contributed by atoms with van der Waals surface area (Å²) in [5.41, 5.74) is 8.32. The first-order valence-corrected chi connectivity index (χ1v) is 11.7. The maximum Gasteiger partial charge on any atom is 0.407 e. The number of hydrogen-bond acceptors (Lipinski definition) is 5. The predicted octanol–water partition coefficient (Wildman–Crippen LogP) is 4.39. The van der Waals surface area contributed by atoms with Crippen LogP contribution < -0.4 is 16.0 Å². The minimum atomic E-state index is -0.512. The summed E-state index contributed by atoms with van der Waals surface area (Å²) in [5.74, 6) is 0.766. The largest absolute Gasteiger partial charge is 0.444 e. The second kappa shape index (κ2) is 8.64. The topological polar surface area (TPSA) is 102 Å². The summed E-state index contributed by atoms with van der Waals surface area (Å²) in [6.45, 7) is 5.55. The summed E-state index contributed by atoms with van der Waals surface area (Å²) in [6.07, 6.45) is 6.61. The molecule has 0 spiro atoms. The van der Waals surface area contributed by atoms with E-state index in [9.17, 15) is 9.59 Å². The molecule has 0 aliphatic heterocycles. The van der Waals surface area contributed by atoms with Crippen LogP contribution in [0.3, 0.4) is 0 Å². The molecule has 8 heteroatoms. The van der Waals surface area contributed by atoms with Gasteiger partial charge in [-0.1, -0.05) is 19.3 Å². The van der Waals surface area contributed by atoms with Crippen molar-refractivity contribution in [2.24, 2.45) is 5.92 Å². The lowest BCUT2D eigenvalue weighted by Crippen LogP contribution is -2.46. The van der Waals surface area contributed by atoms with Crippen LogP contribution in [0.2, 0.25) is 0 Å². The van der Waals surface area contributed by atoms with Crippen LogP contribution in [0.15, 0.2) is 18.2 Å². The molecule has 1 aromatic carbocycles. The van der Waals surface area contributed by atoms with Gasteiger partial charge in [-0.05, 0) is 64.7 Å². The fourth-order valence-electron chi connectivity index (χ4n) is 4.84. The number of amides is 2. The number of nitrogen functional groups attached to an aromatic ring is 1. The third-order valence-electron chi connectivity index (χ3n) is 6.57. The maximum absolute atomic E-state index is 12.9. The summed E-state index contributed by atoms with van der Waals surface area (Å²) in [7, 11) is 1.84. The summed E-state index contributed by atoms with van der Waals surface area (Å²) < 4.78 is 7.37. The van der Waals surface area contributed by atoms with Crippen LogP contribution in [0.5, 0.6) is 0 Å². The molecular formula is C24H35N5O3. The van der Waals surface area contributed by atoms with Gasteiger partial charge in [0.2, 0.25) is 11.9 Å². The van der Waals surface area contributed by atoms with Gasteiger partial charge < -0.3 is 25.3 Å². The van der Waals surface area contributed by atoms with Gasteiger partial charge >= 0.3 is 6.09 Å². The van der Waals surface area contributed by atoms with Crippen molar-refractivity contribution in [1.29, 1.82) is 0 Å². The number of nitrogens with zero attached hydrogens (tertiary/aromatic N) is 3. The molecule has 2 fully saturated rings. The van der Waals surface area contributed by atoms with Crippen LogP contribution in [0.25, 0.3) is 11.0 Å². The summed E-state index contributed by atoms with van der Waals surface area (Å²) >= 11 is 0. The van der Waals surface area contributed by atoms with Crippen molar-refractivity contribution < 1.29 is 14.3 Å². The third kappa shape index (κ3) is 4.69. The molecule has 1 aromatic heterocycles. The number of nitrogens with one attached hydrogen (secondary N) is 1. The minimum Gasteiger partial charge on any atom is -0.444 e. The summed E-state index contributed by atoms with van der Waals surface area (Å²) in [5, 5.41) is 2.92. The van der Waals surface area contributed by atoms with Gasteiger partial charge in [0.15, 0.2) is 0 Å². The number of benzene rings is 1. The Hall–Kier alpha value is -2.77. The number of hydrogen-bond donors (Lipinski definition) is 2. The van der Waals surface area contributed by atoms with Gasteiger partial charge in [0.05, 0.1) is 11.0 Å². The molecule has 2 aliphatic carbocycles. The Morgan fingerprint density at radius 3 is 2.53 bits per heavy atom. The van der Waals surface area contributed by atoms with Crippen LogP contribution >= 0.6 is 0 Å². The van der Waals surface area contributed by atoms with E-state index in [0.717, 1.165) is 55.2 Å². The molecule has 2 amide bonds. The molecule has 0 radical (unpaired) electrons. The monoisotopic (exact) mass is 441 g/mol. The Bertz CT molecular complexity index is 997. The number of rotatable bonds is 4. The van der Waals surface area contributed by atoms with E-state index in [1.54, 1.807) is 4.90 Å². The average Bonchev–Trinajstić information content (AvgIpc) is 3.03. The Balaban J connectivity index is 1.43. The molecule has 2 aliphatic rings. The van der Waals surface area contributed by atoms with E-state index >= 15 is 0 Å². The number of ether oxygens (including phenoxy) is 1. The van der Waals surface area contributed by atoms with E-state index < -0.39 is 5.60 Å². The number of aromatic nitrogens is 2. The third-order valence-corrected chi connectivity index (χ3v) is 6.57. The zero-order valence-corrected chi connectivity index (χ0v) is 19.6. The second-order valence-corrected chi connectivity index (χ2v) is 10.2. The van der Waals surface area contributed by atoms with Crippen LogP contribution in [0.1, 0.15) is 71.8 Å². The molecule has 3 N–H and O–H groups in total. The van der Waals surface area contributed by atoms with E-state index in [2.05, 4.69) is 10.3 Å². The average molecular weight is 442 g/mol. The number of anilines is 2. The molecule has 2 aromatic rings. The molecule has 4 rings (SSSR count). The van der Waals surface area contributed by atoms with Crippen LogP contribution in [0, 0.1) is 5.92 Å². The summed E-state index contributed by atoms with van der Waals surface area (Å²) in [4.78, 5) is 31.2. The lowest BCUT2D eigenvalue weighted by molar-refractivity contribution is -0.123. The van der Waals surface area contributed by atoms with E-state index in [1.165, 1.54) is 6.42 Å². The summed E-state index contributed by atoms with van der Waals surface area (Å²) in [6, 6.07) is 6.14. The molecule has 1 heterocycles. The first kappa shape index (κ1) is 22.4. The van der Waals surface area contributed by atoms with E-state index in [0.29, 0.717) is 5.95 Å². The number of nitrogens with two attached hydrogens (primary N) is 1. The normalized spacial score (nSPS) is 21.8. The molecule has 2 saturated carbocycles.